The van der Waals surface area contributed by atoms with Crippen LogP contribution < -0.4 is 10.1 Å². The van der Waals surface area contributed by atoms with E-state index in [4.69, 9.17) is 27.9 Å². The zero-order chi connectivity index (χ0) is 18.4. The largest absolute Gasteiger partial charge is 0.424 e. The molecule has 0 unspecified atom stereocenters. The van der Waals surface area contributed by atoms with Gasteiger partial charge in [0.2, 0.25) is 5.91 Å². The summed E-state index contributed by atoms with van der Waals surface area (Å²) in [5, 5.41) is 2.75. The van der Waals surface area contributed by atoms with Gasteiger partial charge < -0.3 is 10.1 Å². The average molecular weight is 398 g/mol. The Morgan fingerprint density at radius 1 is 1.16 bits per heavy atom. The van der Waals surface area contributed by atoms with Crippen molar-refractivity contribution in [2.24, 2.45) is 0 Å². The molecule has 25 heavy (non-hydrogen) atoms. The van der Waals surface area contributed by atoms with E-state index >= 15 is 0 Å². The number of carbonyl (C=O) groups is 2. The lowest BCUT2D eigenvalue weighted by Gasteiger charge is -2.12. The third-order valence-electron chi connectivity index (χ3n) is 3.26. The van der Waals surface area contributed by atoms with Gasteiger partial charge >= 0.3 is 5.97 Å². The maximum absolute atomic E-state index is 12.1. The number of rotatable bonds is 6. The summed E-state index contributed by atoms with van der Waals surface area (Å²) in [5.74, 6) is -0.338. The number of amides is 1. The average Bonchev–Trinajstić information content (AvgIpc) is 2.58. The number of halogens is 2. The first kappa shape index (κ1) is 19.6. The zero-order valence-electron chi connectivity index (χ0n) is 13.7. The van der Waals surface area contributed by atoms with Crippen molar-refractivity contribution >= 4 is 52.5 Å². The molecule has 0 saturated carbocycles. The van der Waals surface area contributed by atoms with Crippen LogP contribution in [-0.4, -0.2) is 22.9 Å². The Morgan fingerprint density at radius 3 is 2.52 bits per heavy atom. The van der Waals surface area contributed by atoms with E-state index in [1.54, 1.807) is 25.1 Å². The Bertz CT molecular complexity index is 765. The van der Waals surface area contributed by atoms with E-state index in [9.17, 15) is 9.59 Å². The van der Waals surface area contributed by atoms with Crippen LogP contribution in [0.2, 0.25) is 10.0 Å². The number of thioether (sulfide) groups is 1. The number of hydrogen-bond acceptors (Lipinski definition) is 4. The lowest BCUT2D eigenvalue weighted by Crippen LogP contribution is -2.23. The van der Waals surface area contributed by atoms with Crippen molar-refractivity contribution in [3.05, 3.63) is 58.1 Å². The van der Waals surface area contributed by atoms with Crippen molar-refractivity contribution in [1.82, 2.24) is 0 Å². The molecule has 4 nitrogen and oxygen atoms in total. The van der Waals surface area contributed by atoms with Gasteiger partial charge in [-0.2, -0.15) is 0 Å². The van der Waals surface area contributed by atoms with Crippen molar-refractivity contribution < 1.29 is 14.3 Å². The lowest BCUT2D eigenvalue weighted by molar-refractivity contribution is -0.133. The van der Waals surface area contributed by atoms with Crippen LogP contribution >= 0.6 is 35.0 Å². The fourth-order valence-corrected chi connectivity index (χ4v) is 2.85. The molecule has 0 aromatic heterocycles. The third kappa shape index (κ3) is 5.96. The second-order valence-corrected chi connectivity index (χ2v) is 7.45. The molecule has 1 amide bonds. The SMILES string of the molecule is Cc1ccc(NC(=O)CS[C@H](C)C(=O)Oc2cccc(Cl)c2Cl)cc1. The second kappa shape index (κ2) is 9.13. The number of hydrogen-bond donors (Lipinski definition) is 1. The normalized spacial score (nSPS) is 11.7. The van der Waals surface area contributed by atoms with E-state index in [0.717, 1.165) is 11.3 Å². The van der Waals surface area contributed by atoms with Crippen LogP contribution in [0.1, 0.15) is 12.5 Å². The van der Waals surface area contributed by atoms with Gasteiger partial charge in [-0.1, -0.05) is 47.0 Å². The van der Waals surface area contributed by atoms with Crippen molar-refractivity contribution in [1.29, 1.82) is 0 Å². The first-order valence-corrected chi connectivity index (χ1v) is 9.31. The highest BCUT2D eigenvalue weighted by Gasteiger charge is 2.19. The minimum absolute atomic E-state index is 0.132. The maximum Gasteiger partial charge on any atom is 0.324 e. The molecule has 0 saturated heterocycles. The molecule has 0 radical (unpaired) electrons. The fraction of sp³-hybridized carbons (Fsp3) is 0.222. The van der Waals surface area contributed by atoms with Gasteiger partial charge in [0, 0.05) is 5.69 Å². The van der Waals surface area contributed by atoms with Gasteiger partial charge in [0.1, 0.15) is 10.3 Å². The second-order valence-electron chi connectivity index (χ2n) is 5.34. The van der Waals surface area contributed by atoms with E-state index < -0.39 is 11.2 Å². The van der Waals surface area contributed by atoms with Crippen LogP contribution in [0.15, 0.2) is 42.5 Å². The van der Waals surface area contributed by atoms with Crippen molar-refractivity contribution in [2.45, 2.75) is 19.1 Å². The van der Waals surface area contributed by atoms with Crippen LogP contribution in [0.4, 0.5) is 5.69 Å². The van der Waals surface area contributed by atoms with Crippen LogP contribution in [0, 0.1) is 6.92 Å². The number of nitrogens with one attached hydrogen (secondary N) is 1. The Kier molecular flexibility index (Phi) is 7.17. The highest BCUT2D eigenvalue weighted by molar-refractivity contribution is 8.01. The molecule has 0 aliphatic carbocycles. The third-order valence-corrected chi connectivity index (χ3v) is 5.18. The van der Waals surface area contributed by atoms with Gasteiger partial charge in [0.25, 0.3) is 0 Å². The van der Waals surface area contributed by atoms with Gasteiger partial charge in [0.15, 0.2) is 5.75 Å². The minimum Gasteiger partial charge on any atom is -0.424 e. The van der Waals surface area contributed by atoms with E-state index in [1.165, 1.54) is 11.8 Å². The number of ether oxygens (including phenoxy) is 1. The number of carbonyl (C=O) groups excluding carboxylic acids is 2. The Hall–Kier alpha value is -1.69. The van der Waals surface area contributed by atoms with Crippen LogP contribution in [0.5, 0.6) is 5.75 Å². The highest BCUT2D eigenvalue weighted by atomic mass is 35.5. The van der Waals surface area contributed by atoms with Crippen molar-refractivity contribution in [2.75, 3.05) is 11.1 Å². The summed E-state index contributed by atoms with van der Waals surface area (Å²) < 4.78 is 5.24. The highest BCUT2D eigenvalue weighted by Crippen LogP contribution is 2.32. The molecule has 0 heterocycles. The van der Waals surface area contributed by atoms with Gasteiger partial charge in [-0.25, -0.2) is 0 Å². The molecule has 0 aliphatic heterocycles. The minimum atomic E-state index is -0.529. The Balaban J connectivity index is 1.83. The molecule has 2 rings (SSSR count). The molecular weight excluding hydrogens is 381 g/mol. The molecule has 2 aromatic rings. The molecule has 132 valence electrons. The summed E-state index contributed by atoms with van der Waals surface area (Å²) >= 11 is 13.1. The van der Waals surface area contributed by atoms with Crippen molar-refractivity contribution in [3.8, 4) is 5.75 Å². The molecule has 0 bridgehead atoms. The maximum atomic E-state index is 12.1. The first-order valence-electron chi connectivity index (χ1n) is 7.50. The van der Waals surface area contributed by atoms with E-state index in [1.807, 2.05) is 31.2 Å². The predicted octanol–water partition coefficient (Wildman–Crippen LogP) is 4.97. The summed E-state index contributed by atoms with van der Waals surface area (Å²) in [4.78, 5) is 24.1. The van der Waals surface area contributed by atoms with E-state index in [0.29, 0.717) is 5.02 Å². The monoisotopic (exact) mass is 397 g/mol. The molecule has 1 N–H and O–H groups in total. The van der Waals surface area contributed by atoms with Crippen molar-refractivity contribution in [3.63, 3.8) is 0 Å². The number of aryl methyl sites for hydroxylation is 1. The predicted molar refractivity (Wildman–Crippen MR) is 104 cm³/mol. The summed E-state index contributed by atoms with van der Waals surface area (Å²) in [6, 6.07) is 12.3. The smallest absolute Gasteiger partial charge is 0.324 e. The molecule has 7 heteroatoms. The molecular formula is C18H17Cl2NO3S. The summed E-state index contributed by atoms with van der Waals surface area (Å²) in [7, 11) is 0. The zero-order valence-corrected chi connectivity index (χ0v) is 16.0. The first-order chi connectivity index (χ1) is 11.9. The number of benzene rings is 2. The summed E-state index contributed by atoms with van der Waals surface area (Å²) in [6.45, 7) is 3.64. The Morgan fingerprint density at radius 2 is 1.84 bits per heavy atom. The van der Waals surface area contributed by atoms with Crippen LogP contribution in [-0.2, 0) is 9.59 Å². The van der Waals surface area contributed by atoms with Gasteiger partial charge in [-0.05, 0) is 38.1 Å². The number of esters is 1. The summed E-state index contributed by atoms with van der Waals surface area (Å²) in [5.41, 5.74) is 1.83. The molecule has 0 spiro atoms. The van der Waals surface area contributed by atoms with Gasteiger partial charge in [-0.15, -0.1) is 11.8 Å². The van der Waals surface area contributed by atoms with Crippen LogP contribution in [0.3, 0.4) is 0 Å². The fourth-order valence-electron chi connectivity index (χ4n) is 1.86. The molecule has 0 fully saturated rings. The molecule has 1 atom stereocenters. The topological polar surface area (TPSA) is 55.4 Å². The quantitative estimate of drug-likeness (QED) is 0.552. The lowest BCUT2D eigenvalue weighted by atomic mass is 10.2. The van der Waals surface area contributed by atoms with Gasteiger partial charge in [-0.3, -0.25) is 9.59 Å². The van der Waals surface area contributed by atoms with Crippen LogP contribution in [0.25, 0.3) is 0 Å². The molecule has 0 aliphatic rings. The Labute approximate surface area is 160 Å². The molecule has 2 aromatic carbocycles. The van der Waals surface area contributed by atoms with Gasteiger partial charge in [0.05, 0.1) is 10.8 Å². The standard InChI is InChI=1S/C18H17Cl2NO3S/c1-11-6-8-13(9-7-11)21-16(22)10-25-12(2)18(23)24-15-5-3-4-14(19)17(15)20/h3-9,12H,10H2,1-2H3,(H,21,22)/t12-/m1/s1. The van der Waals surface area contributed by atoms with E-state index in [-0.39, 0.29) is 22.4 Å². The number of anilines is 1. The summed E-state index contributed by atoms with van der Waals surface area (Å²) in [6.07, 6.45) is 0. The van der Waals surface area contributed by atoms with E-state index in [2.05, 4.69) is 5.32 Å².